The molecule has 2 heteroatoms. The van der Waals surface area contributed by atoms with Crippen LogP contribution >= 0.6 is 0 Å². The Hall–Kier alpha value is -0.0800. The van der Waals surface area contributed by atoms with Crippen molar-refractivity contribution < 1.29 is 5.11 Å². The number of hydrogen-bond donors (Lipinski definition) is 2. The van der Waals surface area contributed by atoms with Gasteiger partial charge in [0.2, 0.25) is 0 Å². The van der Waals surface area contributed by atoms with Crippen LogP contribution in [0.3, 0.4) is 0 Å². The normalized spacial score (nSPS) is 25.6. The molecule has 2 rings (SSSR count). The summed E-state index contributed by atoms with van der Waals surface area (Å²) in [5, 5.41) is 12.6. The Balaban J connectivity index is 1.49. The molecule has 2 aliphatic rings. The van der Waals surface area contributed by atoms with E-state index in [0.29, 0.717) is 12.0 Å². The summed E-state index contributed by atoms with van der Waals surface area (Å²) in [5.74, 6) is 1.01. The van der Waals surface area contributed by atoms with Gasteiger partial charge in [0.25, 0.3) is 0 Å². The van der Waals surface area contributed by atoms with Gasteiger partial charge in [-0.3, -0.25) is 0 Å². The summed E-state index contributed by atoms with van der Waals surface area (Å²) in [6, 6.07) is 0. The number of hydrogen-bond acceptors (Lipinski definition) is 2. The second-order valence-corrected chi connectivity index (χ2v) is 4.92. The van der Waals surface area contributed by atoms with Crippen LogP contribution < -0.4 is 5.32 Å². The molecular weight excluding hydrogens is 162 g/mol. The summed E-state index contributed by atoms with van der Waals surface area (Å²) in [6.45, 7) is 2.58. The molecule has 2 N–H and O–H groups in total. The van der Waals surface area contributed by atoms with Gasteiger partial charge in [0.15, 0.2) is 0 Å². The van der Waals surface area contributed by atoms with E-state index in [4.69, 9.17) is 5.11 Å². The summed E-state index contributed by atoms with van der Waals surface area (Å²) in [7, 11) is 0. The van der Waals surface area contributed by atoms with Crippen molar-refractivity contribution >= 4 is 0 Å². The zero-order valence-corrected chi connectivity index (χ0v) is 8.39. The third kappa shape index (κ3) is 2.44. The predicted molar refractivity (Wildman–Crippen MR) is 53.6 cm³/mol. The van der Waals surface area contributed by atoms with Crippen molar-refractivity contribution in [2.75, 3.05) is 19.7 Å². The van der Waals surface area contributed by atoms with Crippen LogP contribution in [-0.4, -0.2) is 24.8 Å². The smallest absolute Gasteiger partial charge is 0.0499 e. The van der Waals surface area contributed by atoms with Crippen molar-refractivity contribution in [3.05, 3.63) is 0 Å². The molecule has 0 unspecified atom stereocenters. The van der Waals surface area contributed by atoms with Gasteiger partial charge in [0, 0.05) is 18.6 Å². The largest absolute Gasteiger partial charge is 0.396 e. The van der Waals surface area contributed by atoms with Gasteiger partial charge < -0.3 is 10.4 Å². The van der Waals surface area contributed by atoms with Crippen molar-refractivity contribution in [1.29, 1.82) is 0 Å². The number of aliphatic hydroxyl groups excluding tert-OH is 1. The molecule has 2 fully saturated rings. The first kappa shape index (κ1) is 9.47. The Morgan fingerprint density at radius 1 is 1.31 bits per heavy atom. The monoisotopic (exact) mass is 183 g/mol. The maximum absolute atomic E-state index is 9.08. The van der Waals surface area contributed by atoms with E-state index in [1.165, 1.54) is 38.5 Å². The number of aliphatic hydroxyl groups is 1. The molecule has 0 aromatic heterocycles. The van der Waals surface area contributed by atoms with Gasteiger partial charge in [0.05, 0.1) is 0 Å². The summed E-state index contributed by atoms with van der Waals surface area (Å²) in [6.07, 6.45) is 8.15. The van der Waals surface area contributed by atoms with Gasteiger partial charge in [-0.15, -0.1) is 0 Å². The Kier molecular flexibility index (Phi) is 2.89. The Bertz CT molecular complexity index is 161. The van der Waals surface area contributed by atoms with Crippen LogP contribution in [0.5, 0.6) is 0 Å². The molecule has 0 saturated heterocycles. The zero-order chi connectivity index (χ0) is 9.15. The Morgan fingerprint density at radius 3 is 2.54 bits per heavy atom. The van der Waals surface area contributed by atoms with Gasteiger partial charge in [-0.05, 0) is 31.7 Å². The number of rotatable bonds is 6. The maximum Gasteiger partial charge on any atom is 0.0499 e. The average molecular weight is 183 g/mol. The van der Waals surface area contributed by atoms with E-state index in [1.54, 1.807) is 0 Å². The molecule has 0 aromatic carbocycles. The lowest BCUT2D eigenvalue weighted by Gasteiger charge is -2.25. The highest BCUT2D eigenvalue weighted by Gasteiger charge is 2.41. The van der Waals surface area contributed by atoms with Crippen LogP contribution in [0.25, 0.3) is 0 Å². The minimum atomic E-state index is 0.291. The molecule has 13 heavy (non-hydrogen) atoms. The predicted octanol–water partition coefficient (Wildman–Crippen LogP) is 1.54. The van der Waals surface area contributed by atoms with Gasteiger partial charge >= 0.3 is 0 Å². The highest BCUT2D eigenvalue weighted by atomic mass is 16.3. The topological polar surface area (TPSA) is 32.3 Å². The van der Waals surface area contributed by atoms with Crippen molar-refractivity contribution in [3.63, 3.8) is 0 Å². The molecule has 2 aliphatic carbocycles. The van der Waals surface area contributed by atoms with Crippen LogP contribution in [0.1, 0.15) is 38.5 Å². The fourth-order valence-corrected chi connectivity index (χ4v) is 2.01. The second kappa shape index (κ2) is 3.97. The van der Waals surface area contributed by atoms with E-state index in [1.807, 2.05) is 0 Å². The molecule has 0 aromatic rings. The lowest BCUT2D eigenvalue weighted by molar-refractivity contribution is 0.205. The van der Waals surface area contributed by atoms with Crippen LogP contribution in [-0.2, 0) is 0 Å². The third-order valence-corrected chi connectivity index (χ3v) is 3.75. The molecule has 0 spiro atoms. The first-order valence-corrected chi connectivity index (χ1v) is 5.66. The summed E-state index contributed by atoms with van der Waals surface area (Å²) in [4.78, 5) is 0. The van der Waals surface area contributed by atoms with E-state index in [2.05, 4.69) is 5.32 Å². The third-order valence-electron chi connectivity index (χ3n) is 3.75. The van der Waals surface area contributed by atoms with E-state index in [-0.39, 0.29) is 0 Å². The second-order valence-electron chi connectivity index (χ2n) is 4.92. The molecule has 0 amide bonds. The fraction of sp³-hybridized carbons (Fsp3) is 1.00. The minimum absolute atomic E-state index is 0.291. The number of nitrogens with one attached hydrogen (secondary N) is 1. The lowest BCUT2D eigenvalue weighted by Crippen LogP contribution is -2.29. The Morgan fingerprint density at radius 2 is 2.08 bits per heavy atom. The van der Waals surface area contributed by atoms with Gasteiger partial charge in [-0.1, -0.05) is 19.3 Å². The first-order chi connectivity index (χ1) is 6.35. The zero-order valence-electron chi connectivity index (χ0n) is 8.39. The van der Waals surface area contributed by atoms with E-state index in [9.17, 15) is 0 Å². The van der Waals surface area contributed by atoms with Crippen molar-refractivity contribution in [2.24, 2.45) is 11.3 Å². The van der Waals surface area contributed by atoms with Crippen LogP contribution in [0.4, 0.5) is 0 Å². The van der Waals surface area contributed by atoms with Gasteiger partial charge in [-0.2, -0.15) is 0 Å². The quantitative estimate of drug-likeness (QED) is 0.612. The molecule has 76 valence electrons. The molecule has 0 aliphatic heterocycles. The molecular formula is C11H21NO. The maximum atomic E-state index is 9.08. The first-order valence-electron chi connectivity index (χ1n) is 5.66. The molecule has 2 nitrogen and oxygen atoms in total. The minimum Gasteiger partial charge on any atom is -0.396 e. The van der Waals surface area contributed by atoms with Crippen LogP contribution in [0, 0.1) is 11.3 Å². The van der Waals surface area contributed by atoms with Crippen LogP contribution in [0.15, 0.2) is 0 Å². The van der Waals surface area contributed by atoms with E-state index in [0.717, 1.165) is 19.0 Å². The highest BCUT2D eigenvalue weighted by molar-refractivity contribution is 4.94. The highest BCUT2D eigenvalue weighted by Crippen LogP contribution is 2.44. The molecule has 0 bridgehead atoms. The fourth-order valence-electron chi connectivity index (χ4n) is 2.01. The van der Waals surface area contributed by atoms with Gasteiger partial charge in [0.1, 0.15) is 0 Å². The Labute approximate surface area is 80.7 Å². The molecule has 2 saturated carbocycles. The van der Waals surface area contributed by atoms with Crippen molar-refractivity contribution in [3.8, 4) is 0 Å². The molecule has 0 heterocycles. The van der Waals surface area contributed by atoms with Crippen molar-refractivity contribution in [1.82, 2.24) is 5.32 Å². The standard InChI is InChI=1S/C11H21NO/c13-9-11(5-6-11)8-12-7-4-10-2-1-3-10/h10,12-13H,1-9H2. The summed E-state index contributed by atoms with van der Waals surface area (Å²) < 4.78 is 0. The van der Waals surface area contributed by atoms with Crippen LogP contribution in [0.2, 0.25) is 0 Å². The lowest BCUT2D eigenvalue weighted by atomic mass is 9.83. The SMILES string of the molecule is OCC1(CNCCC2CCC2)CC1. The van der Waals surface area contributed by atoms with Crippen molar-refractivity contribution in [2.45, 2.75) is 38.5 Å². The molecule has 0 atom stereocenters. The summed E-state index contributed by atoms with van der Waals surface area (Å²) >= 11 is 0. The van der Waals surface area contributed by atoms with E-state index >= 15 is 0 Å². The van der Waals surface area contributed by atoms with E-state index < -0.39 is 0 Å². The van der Waals surface area contributed by atoms with Gasteiger partial charge in [-0.25, -0.2) is 0 Å². The average Bonchev–Trinajstić information content (AvgIpc) is 2.82. The molecule has 0 radical (unpaired) electrons. The summed E-state index contributed by atoms with van der Waals surface area (Å²) in [5.41, 5.74) is 0.291.